The van der Waals surface area contributed by atoms with Crippen molar-refractivity contribution in [2.75, 3.05) is 6.54 Å². The van der Waals surface area contributed by atoms with E-state index >= 15 is 0 Å². The van der Waals surface area contributed by atoms with Crippen molar-refractivity contribution in [3.8, 4) is 0 Å². The molecule has 0 bridgehead atoms. The van der Waals surface area contributed by atoms with Gasteiger partial charge in [-0.2, -0.15) is 0 Å². The number of likely N-dealkylation sites (tertiary alicyclic amines) is 1. The number of carbonyl (C=O) groups excluding carboxylic acids is 1. The highest BCUT2D eigenvalue weighted by molar-refractivity contribution is 7.27. The predicted octanol–water partition coefficient (Wildman–Crippen LogP) is 2.31. The molecule has 1 atom stereocenters. The predicted molar refractivity (Wildman–Crippen MR) is 77.2 cm³/mol. The van der Waals surface area contributed by atoms with E-state index in [1.165, 1.54) is 11.3 Å². The maximum absolute atomic E-state index is 12.5. The molecule has 3 heterocycles. The molecule has 1 saturated heterocycles. The van der Waals surface area contributed by atoms with Crippen molar-refractivity contribution >= 4 is 43.8 Å². The van der Waals surface area contributed by atoms with Gasteiger partial charge >= 0.3 is 0 Å². The summed E-state index contributed by atoms with van der Waals surface area (Å²) in [6, 6.07) is 3.67. The molecule has 1 aliphatic heterocycles. The van der Waals surface area contributed by atoms with Gasteiger partial charge in [0.05, 0.1) is 10.9 Å². The van der Waals surface area contributed by atoms with E-state index in [-0.39, 0.29) is 17.8 Å². The average Bonchev–Trinajstić information content (AvgIpc) is 3.10. The van der Waals surface area contributed by atoms with Gasteiger partial charge in [0.15, 0.2) is 5.84 Å². The Balaban J connectivity index is 1.89. The third-order valence-electron chi connectivity index (χ3n) is 3.32. The topological polar surface area (TPSA) is 78.9 Å². The normalized spacial score (nSPS) is 20.3. The third-order valence-corrected chi connectivity index (χ3v) is 5.40. The largest absolute Gasteiger partial charge is 0.409 e. The van der Waals surface area contributed by atoms with Crippen LogP contribution in [0, 0.1) is 0 Å². The molecule has 1 aliphatic rings. The number of carbonyl (C=O) groups is 1. The second-order valence-electron chi connectivity index (χ2n) is 4.44. The van der Waals surface area contributed by atoms with E-state index < -0.39 is 0 Å². The van der Waals surface area contributed by atoms with Gasteiger partial charge in [-0.15, -0.1) is 22.7 Å². The summed E-state index contributed by atoms with van der Waals surface area (Å²) in [6.45, 7) is 0.658. The zero-order valence-corrected chi connectivity index (χ0v) is 11.7. The van der Waals surface area contributed by atoms with Crippen LogP contribution in [0.15, 0.2) is 22.7 Å². The summed E-state index contributed by atoms with van der Waals surface area (Å²) in [6.07, 6.45) is 1.63. The number of hydrogen-bond acceptors (Lipinski definition) is 5. The molecule has 19 heavy (non-hydrogen) atoms. The van der Waals surface area contributed by atoms with Gasteiger partial charge in [-0.3, -0.25) is 4.79 Å². The molecule has 1 amide bonds. The first-order valence-electron chi connectivity index (χ1n) is 5.96. The fraction of sp³-hybridized carbons (Fsp3) is 0.333. The summed E-state index contributed by atoms with van der Waals surface area (Å²) < 4.78 is 2.26. The molecule has 1 unspecified atom stereocenters. The Kier molecular flexibility index (Phi) is 3.16. The zero-order chi connectivity index (χ0) is 13.4. The average molecular weight is 295 g/mol. The number of thiophene rings is 2. The molecule has 0 spiro atoms. The van der Waals surface area contributed by atoms with Gasteiger partial charge < -0.3 is 15.8 Å². The lowest BCUT2D eigenvalue weighted by molar-refractivity contribution is 0.0773. The highest BCUT2D eigenvalue weighted by Crippen LogP contribution is 2.32. The molecule has 0 aliphatic carbocycles. The first-order chi connectivity index (χ1) is 9.20. The van der Waals surface area contributed by atoms with Crippen LogP contribution in [0.4, 0.5) is 0 Å². The number of nitrogens with zero attached hydrogens (tertiary/aromatic N) is 2. The number of fused-ring (bicyclic) bond motifs is 1. The van der Waals surface area contributed by atoms with E-state index in [9.17, 15) is 4.79 Å². The van der Waals surface area contributed by atoms with E-state index in [4.69, 9.17) is 10.9 Å². The highest BCUT2D eigenvalue weighted by Gasteiger charge is 2.33. The van der Waals surface area contributed by atoms with Crippen LogP contribution in [0.1, 0.15) is 22.5 Å². The fourth-order valence-corrected chi connectivity index (χ4v) is 4.46. The van der Waals surface area contributed by atoms with Gasteiger partial charge in [0.25, 0.3) is 5.91 Å². The van der Waals surface area contributed by atoms with Crippen LogP contribution >= 0.6 is 22.7 Å². The highest BCUT2D eigenvalue weighted by atomic mass is 32.1. The summed E-state index contributed by atoms with van der Waals surface area (Å²) >= 11 is 3.13. The van der Waals surface area contributed by atoms with Crippen molar-refractivity contribution in [3.05, 3.63) is 22.4 Å². The van der Waals surface area contributed by atoms with Crippen molar-refractivity contribution in [2.24, 2.45) is 10.9 Å². The molecular weight excluding hydrogens is 282 g/mol. The molecule has 2 aromatic heterocycles. The van der Waals surface area contributed by atoms with Crippen molar-refractivity contribution in [3.63, 3.8) is 0 Å². The van der Waals surface area contributed by atoms with Crippen LogP contribution in [0.5, 0.6) is 0 Å². The molecular formula is C12H13N3O2S2. The minimum absolute atomic E-state index is 0.0255. The number of nitrogens with two attached hydrogens (primary N) is 1. The third kappa shape index (κ3) is 2.08. The van der Waals surface area contributed by atoms with Crippen LogP contribution in [-0.4, -0.2) is 34.4 Å². The SMILES string of the molecule is N/C(=N/O)C1CCCN1C(=O)c1cc2sccc2s1. The number of rotatable bonds is 2. The first kappa shape index (κ1) is 12.4. The summed E-state index contributed by atoms with van der Waals surface area (Å²) in [4.78, 5) is 14.9. The van der Waals surface area contributed by atoms with Gasteiger partial charge in [0.1, 0.15) is 0 Å². The zero-order valence-electron chi connectivity index (χ0n) is 10.1. The molecule has 2 aromatic rings. The van der Waals surface area contributed by atoms with E-state index in [1.54, 1.807) is 16.2 Å². The van der Waals surface area contributed by atoms with Gasteiger partial charge in [0.2, 0.25) is 0 Å². The number of amides is 1. The Morgan fingerprint density at radius 1 is 1.53 bits per heavy atom. The van der Waals surface area contributed by atoms with Crippen molar-refractivity contribution in [1.29, 1.82) is 0 Å². The standard InChI is InChI=1S/C12H13N3O2S2/c13-11(14-17)7-2-1-4-15(7)12(16)10-6-9-8(19-10)3-5-18-9/h3,5-7,17H,1-2,4H2,(H2,13,14). The van der Waals surface area contributed by atoms with E-state index in [0.717, 1.165) is 27.1 Å². The second kappa shape index (κ2) is 4.82. The minimum Gasteiger partial charge on any atom is -0.409 e. The van der Waals surface area contributed by atoms with Gasteiger partial charge in [-0.05, 0) is 30.4 Å². The maximum atomic E-state index is 12.5. The van der Waals surface area contributed by atoms with Crippen LogP contribution in [0.25, 0.3) is 9.40 Å². The fourth-order valence-electron chi connectivity index (χ4n) is 2.40. The summed E-state index contributed by atoms with van der Waals surface area (Å²) in [5, 5.41) is 13.8. The lowest BCUT2D eigenvalue weighted by atomic mass is 10.2. The van der Waals surface area contributed by atoms with E-state index in [2.05, 4.69) is 5.16 Å². The van der Waals surface area contributed by atoms with Crippen molar-refractivity contribution < 1.29 is 10.0 Å². The van der Waals surface area contributed by atoms with Gasteiger partial charge in [-0.1, -0.05) is 5.16 Å². The molecule has 100 valence electrons. The molecule has 7 heteroatoms. The molecule has 0 aromatic carbocycles. The summed E-state index contributed by atoms with van der Waals surface area (Å²) in [7, 11) is 0. The molecule has 1 fully saturated rings. The Morgan fingerprint density at radius 2 is 2.37 bits per heavy atom. The number of oxime groups is 1. The summed E-state index contributed by atoms with van der Waals surface area (Å²) in [5.74, 6) is 0.0896. The number of hydrogen-bond donors (Lipinski definition) is 2. The minimum atomic E-state index is -0.280. The lowest BCUT2D eigenvalue weighted by Gasteiger charge is -2.22. The Morgan fingerprint density at radius 3 is 3.11 bits per heavy atom. The van der Waals surface area contributed by atoms with Crippen molar-refractivity contribution in [1.82, 2.24) is 4.90 Å². The number of amidine groups is 1. The van der Waals surface area contributed by atoms with Crippen LogP contribution in [0.3, 0.4) is 0 Å². The second-order valence-corrected chi connectivity index (χ2v) is 6.47. The first-order valence-corrected chi connectivity index (χ1v) is 7.65. The van der Waals surface area contributed by atoms with Crippen LogP contribution in [0.2, 0.25) is 0 Å². The van der Waals surface area contributed by atoms with Crippen LogP contribution < -0.4 is 5.73 Å². The molecule has 0 saturated carbocycles. The summed E-state index contributed by atoms with van der Waals surface area (Å²) in [5.41, 5.74) is 5.65. The van der Waals surface area contributed by atoms with Gasteiger partial charge in [-0.25, -0.2) is 0 Å². The molecule has 3 rings (SSSR count). The Bertz CT molecular complexity index is 618. The van der Waals surface area contributed by atoms with Gasteiger partial charge in [0, 0.05) is 15.9 Å². The quantitative estimate of drug-likeness (QED) is 0.386. The van der Waals surface area contributed by atoms with Crippen molar-refractivity contribution in [2.45, 2.75) is 18.9 Å². The molecule has 0 radical (unpaired) electrons. The molecule has 5 nitrogen and oxygen atoms in total. The maximum Gasteiger partial charge on any atom is 0.264 e. The Labute approximate surface area is 117 Å². The van der Waals surface area contributed by atoms with E-state index in [0.29, 0.717) is 6.54 Å². The Hall–Kier alpha value is -1.60. The van der Waals surface area contributed by atoms with Crippen LogP contribution in [-0.2, 0) is 0 Å². The van der Waals surface area contributed by atoms with E-state index in [1.807, 2.05) is 17.5 Å². The smallest absolute Gasteiger partial charge is 0.264 e. The lowest BCUT2D eigenvalue weighted by Crippen LogP contribution is -2.43. The molecule has 3 N–H and O–H groups in total. The monoisotopic (exact) mass is 295 g/mol.